The van der Waals surface area contributed by atoms with Crippen LogP contribution >= 0.6 is 23.2 Å². The molecule has 0 saturated carbocycles. The van der Waals surface area contributed by atoms with Crippen LogP contribution in [-0.2, 0) is 9.59 Å². The maximum Gasteiger partial charge on any atom is 0.230 e. The minimum absolute atomic E-state index is 0.00921. The van der Waals surface area contributed by atoms with E-state index in [4.69, 9.17) is 23.2 Å². The lowest BCUT2D eigenvalue weighted by atomic mass is 9.97. The van der Waals surface area contributed by atoms with Crippen molar-refractivity contribution >= 4 is 35.0 Å². The molecule has 2 rings (SSSR count). The van der Waals surface area contributed by atoms with Crippen molar-refractivity contribution in [2.45, 2.75) is 38.6 Å². The highest BCUT2D eigenvalue weighted by Gasteiger charge is 2.29. The minimum Gasteiger partial charge on any atom is -0.352 e. The van der Waals surface area contributed by atoms with Crippen molar-refractivity contribution < 1.29 is 9.59 Å². The van der Waals surface area contributed by atoms with Crippen molar-refractivity contribution in [3.05, 3.63) is 33.8 Å². The predicted octanol–water partition coefficient (Wildman–Crippen LogP) is 3.22. The van der Waals surface area contributed by atoms with E-state index in [1.165, 1.54) is 6.92 Å². The van der Waals surface area contributed by atoms with E-state index in [0.717, 1.165) is 12.8 Å². The molecule has 0 bridgehead atoms. The number of halogens is 2. The van der Waals surface area contributed by atoms with Crippen LogP contribution in [0.1, 0.15) is 38.2 Å². The molecule has 1 heterocycles. The van der Waals surface area contributed by atoms with E-state index in [9.17, 15) is 9.59 Å². The summed E-state index contributed by atoms with van der Waals surface area (Å²) < 4.78 is 0. The molecule has 1 aliphatic heterocycles. The second-order valence-corrected chi connectivity index (χ2v) is 6.50. The fraction of sp³-hybridized carbons (Fsp3) is 0.500. The summed E-state index contributed by atoms with van der Waals surface area (Å²) in [5.74, 6) is -0.483. The third-order valence-corrected chi connectivity index (χ3v) is 4.60. The first-order chi connectivity index (χ1) is 10.4. The Kier molecular flexibility index (Phi) is 5.70. The van der Waals surface area contributed by atoms with Crippen LogP contribution in [0.5, 0.6) is 0 Å². The number of hydrogen-bond donors (Lipinski definition) is 1. The molecule has 0 unspecified atom stereocenters. The van der Waals surface area contributed by atoms with Crippen molar-refractivity contribution in [2.75, 3.05) is 13.1 Å². The third kappa shape index (κ3) is 3.93. The van der Waals surface area contributed by atoms with Crippen LogP contribution in [0.2, 0.25) is 10.0 Å². The molecule has 1 fully saturated rings. The van der Waals surface area contributed by atoms with Gasteiger partial charge in [0, 0.05) is 41.7 Å². The number of carbonyl (C=O) groups excluding carboxylic acids is 2. The molecule has 0 aromatic heterocycles. The number of rotatable bonds is 3. The second-order valence-electron chi connectivity index (χ2n) is 5.68. The molecule has 1 N–H and O–H groups in total. The fourth-order valence-electron chi connectivity index (χ4n) is 2.90. The lowest BCUT2D eigenvalue weighted by Gasteiger charge is -2.34. The zero-order chi connectivity index (χ0) is 16.3. The first-order valence-electron chi connectivity index (χ1n) is 7.40. The zero-order valence-corrected chi connectivity index (χ0v) is 14.2. The fourth-order valence-corrected chi connectivity index (χ4v) is 3.63. The maximum atomic E-state index is 12.7. The van der Waals surface area contributed by atoms with E-state index in [1.807, 2.05) is 6.92 Å². The summed E-state index contributed by atoms with van der Waals surface area (Å²) in [6, 6.07) is 5.26. The van der Waals surface area contributed by atoms with Gasteiger partial charge in [-0.05, 0) is 31.9 Å². The Labute approximate surface area is 140 Å². The van der Waals surface area contributed by atoms with Gasteiger partial charge in [0.25, 0.3) is 0 Å². The number of hydrogen-bond acceptors (Lipinski definition) is 2. The molecular weight excluding hydrogens is 323 g/mol. The monoisotopic (exact) mass is 342 g/mol. The number of likely N-dealkylation sites (tertiary alicyclic amines) is 1. The van der Waals surface area contributed by atoms with E-state index in [1.54, 1.807) is 23.1 Å². The van der Waals surface area contributed by atoms with Crippen molar-refractivity contribution in [1.29, 1.82) is 0 Å². The normalized spacial score (nSPS) is 19.6. The molecular formula is C16H20Cl2N2O2. The molecule has 1 saturated heterocycles. The van der Waals surface area contributed by atoms with Crippen LogP contribution in [0.15, 0.2) is 18.2 Å². The van der Waals surface area contributed by atoms with Gasteiger partial charge in [0.05, 0.1) is 5.92 Å². The van der Waals surface area contributed by atoms with Gasteiger partial charge in [-0.15, -0.1) is 0 Å². The van der Waals surface area contributed by atoms with Crippen LogP contribution in [0.4, 0.5) is 0 Å². The molecule has 1 aromatic carbocycles. The molecule has 0 aliphatic carbocycles. The summed E-state index contributed by atoms with van der Waals surface area (Å²) in [6.07, 6.45) is 1.77. The summed E-state index contributed by atoms with van der Waals surface area (Å²) in [6.45, 7) is 4.54. The average Bonchev–Trinajstić information content (AvgIpc) is 2.45. The van der Waals surface area contributed by atoms with Gasteiger partial charge in [-0.3, -0.25) is 9.59 Å². The van der Waals surface area contributed by atoms with E-state index in [0.29, 0.717) is 28.7 Å². The lowest BCUT2D eigenvalue weighted by molar-refractivity contribution is -0.134. The van der Waals surface area contributed by atoms with Crippen molar-refractivity contribution in [3.8, 4) is 0 Å². The average molecular weight is 343 g/mol. The highest BCUT2D eigenvalue weighted by molar-refractivity contribution is 6.36. The third-order valence-electron chi connectivity index (χ3n) is 3.94. The van der Waals surface area contributed by atoms with E-state index >= 15 is 0 Å². The Hall–Kier alpha value is -1.26. The number of amides is 2. The predicted molar refractivity (Wildman–Crippen MR) is 88.3 cm³/mol. The molecule has 0 radical (unpaired) electrons. The molecule has 1 aromatic rings. The van der Waals surface area contributed by atoms with Crippen LogP contribution in [0, 0.1) is 0 Å². The molecule has 2 amide bonds. The summed E-state index contributed by atoms with van der Waals surface area (Å²) in [4.78, 5) is 25.7. The van der Waals surface area contributed by atoms with Crippen LogP contribution in [-0.4, -0.2) is 35.8 Å². The second kappa shape index (κ2) is 7.34. The number of nitrogens with one attached hydrogen (secondary N) is 1. The first kappa shape index (κ1) is 17.1. The smallest absolute Gasteiger partial charge is 0.230 e. The van der Waals surface area contributed by atoms with Gasteiger partial charge in [-0.2, -0.15) is 0 Å². The number of nitrogens with zero attached hydrogens (tertiary/aromatic N) is 1. The minimum atomic E-state index is -0.405. The van der Waals surface area contributed by atoms with E-state index < -0.39 is 5.92 Å². The summed E-state index contributed by atoms with van der Waals surface area (Å²) >= 11 is 12.4. The zero-order valence-electron chi connectivity index (χ0n) is 12.7. The Bertz CT molecular complexity index is 557. The molecule has 120 valence electrons. The Balaban J connectivity index is 2.11. The van der Waals surface area contributed by atoms with Crippen LogP contribution in [0.25, 0.3) is 0 Å². The maximum absolute atomic E-state index is 12.7. The molecule has 2 atom stereocenters. The van der Waals surface area contributed by atoms with Crippen molar-refractivity contribution in [2.24, 2.45) is 0 Å². The number of benzene rings is 1. The first-order valence-corrected chi connectivity index (χ1v) is 8.15. The topological polar surface area (TPSA) is 49.4 Å². The quantitative estimate of drug-likeness (QED) is 0.916. The largest absolute Gasteiger partial charge is 0.352 e. The van der Waals surface area contributed by atoms with Gasteiger partial charge in [-0.25, -0.2) is 0 Å². The Morgan fingerprint density at radius 1 is 1.32 bits per heavy atom. The van der Waals surface area contributed by atoms with Gasteiger partial charge in [-0.1, -0.05) is 29.3 Å². The summed E-state index contributed by atoms with van der Waals surface area (Å²) in [5, 5.41) is 3.89. The van der Waals surface area contributed by atoms with Gasteiger partial charge in [0.1, 0.15) is 0 Å². The van der Waals surface area contributed by atoms with Crippen molar-refractivity contribution in [3.63, 3.8) is 0 Å². The summed E-state index contributed by atoms with van der Waals surface area (Å²) in [5.41, 5.74) is 0.664. The van der Waals surface area contributed by atoms with Crippen LogP contribution in [0.3, 0.4) is 0 Å². The van der Waals surface area contributed by atoms with E-state index in [2.05, 4.69) is 5.32 Å². The van der Waals surface area contributed by atoms with Gasteiger partial charge in [0.2, 0.25) is 11.8 Å². The lowest BCUT2D eigenvalue weighted by Crippen LogP contribution is -2.50. The van der Waals surface area contributed by atoms with Crippen molar-refractivity contribution in [1.82, 2.24) is 10.2 Å². The number of piperidine rings is 1. The highest BCUT2D eigenvalue weighted by Crippen LogP contribution is 2.33. The Morgan fingerprint density at radius 2 is 1.95 bits per heavy atom. The molecule has 6 heteroatoms. The van der Waals surface area contributed by atoms with Gasteiger partial charge >= 0.3 is 0 Å². The molecule has 4 nitrogen and oxygen atoms in total. The molecule has 1 aliphatic rings. The Morgan fingerprint density at radius 3 is 2.55 bits per heavy atom. The van der Waals surface area contributed by atoms with Gasteiger partial charge < -0.3 is 10.2 Å². The van der Waals surface area contributed by atoms with Gasteiger partial charge in [0.15, 0.2) is 0 Å². The number of carbonyl (C=O) groups is 2. The standard InChI is InChI=1S/C16H20Cl2N2O2/c1-10(15-13(17)6-3-7-14(15)18)16(22)20-8-4-5-12(9-20)19-11(2)21/h3,6-7,10,12H,4-5,8-9H2,1-2H3,(H,19,21)/t10-,12-/m1/s1. The molecule has 22 heavy (non-hydrogen) atoms. The SMILES string of the molecule is CC(=O)N[C@@H]1CCCN(C(=O)[C@H](C)c2c(Cl)cccc2Cl)C1. The summed E-state index contributed by atoms with van der Waals surface area (Å²) in [7, 11) is 0. The van der Waals surface area contributed by atoms with Crippen LogP contribution < -0.4 is 5.32 Å². The highest BCUT2D eigenvalue weighted by atomic mass is 35.5. The van der Waals surface area contributed by atoms with E-state index in [-0.39, 0.29) is 17.9 Å². The molecule has 0 spiro atoms.